The van der Waals surface area contributed by atoms with E-state index in [0.29, 0.717) is 19.5 Å². The summed E-state index contributed by atoms with van der Waals surface area (Å²) in [5.41, 5.74) is 1.74. The smallest absolute Gasteiger partial charge is 0.416 e. The molecular weight excluding hydrogens is 773 g/mol. The quantitative estimate of drug-likeness (QED) is 0.0657. The van der Waals surface area contributed by atoms with Gasteiger partial charge in [-0.25, -0.2) is 9.59 Å². The fourth-order valence-corrected chi connectivity index (χ4v) is 5.24. The van der Waals surface area contributed by atoms with Crippen molar-refractivity contribution >= 4 is 35.7 Å². The highest BCUT2D eigenvalue weighted by molar-refractivity contribution is 5.98. The number of alkyl halides is 3. The van der Waals surface area contributed by atoms with Gasteiger partial charge in [0.05, 0.1) is 18.0 Å². The van der Waals surface area contributed by atoms with Gasteiger partial charge < -0.3 is 46.5 Å². The third kappa shape index (κ3) is 18.6. The van der Waals surface area contributed by atoms with Crippen LogP contribution >= 0.6 is 0 Å². The fraction of sp³-hybridized carbons (Fsp3) is 0.310. The van der Waals surface area contributed by atoms with E-state index < -0.39 is 60.2 Å². The number of hydrogen-bond donors (Lipinski definition) is 7. The van der Waals surface area contributed by atoms with E-state index >= 15 is 0 Å². The van der Waals surface area contributed by atoms with Gasteiger partial charge in [0, 0.05) is 24.8 Å². The van der Waals surface area contributed by atoms with Gasteiger partial charge in [0.15, 0.2) is 0 Å². The molecule has 0 aliphatic carbocycles. The van der Waals surface area contributed by atoms with Gasteiger partial charge in [-0.15, -0.1) is 0 Å². The Kier molecular flexibility index (Phi) is 19.9. The van der Waals surface area contributed by atoms with E-state index in [9.17, 15) is 37.1 Å². The normalized spacial score (nSPS) is 11.8. The number of halogens is 3. The molecule has 0 aliphatic rings. The number of carbonyl (C=O) groups excluding carboxylic acids is 4. The van der Waals surface area contributed by atoms with Crippen LogP contribution in [0.2, 0.25) is 0 Å². The number of likely N-dealkylation sites (N-methyl/N-ethyl adjacent to an activating group) is 2. The fourth-order valence-electron chi connectivity index (χ4n) is 5.24. The Labute approximate surface area is 340 Å². The summed E-state index contributed by atoms with van der Waals surface area (Å²) in [5.74, 6) is -2.61. The zero-order valence-corrected chi connectivity index (χ0v) is 32.6. The lowest BCUT2D eigenvalue weighted by atomic mass is 10.0. The van der Waals surface area contributed by atoms with Crippen molar-refractivity contribution in [2.24, 2.45) is 0 Å². The minimum Gasteiger partial charge on any atom is -0.481 e. The summed E-state index contributed by atoms with van der Waals surface area (Å²) in [6.45, 7) is 1.04. The summed E-state index contributed by atoms with van der Waals surface area (Å²) in [6.07, 6.45) is -5.52. The molecule has 4 amide bonds. The molecule has 4 rings (SSSR count). The van der Waals surface area contributed by atoms with Crippen molar-refractivity contribution in [1.29, 1.82) is 0 Å². The average Bonchev–Trinajstić information content (AvgIpc) is 3.23. The van der Waals surface area contributed by atoms with Crippen LogP contribution in [0.1, 0.15) is 35.1 Å². The van der Waals surface area contributed by atoms with Gasteiger partial charge in [-0.3, -0.25) is 14.4 Å². The number of amides is 4. The molecule has 0 spiro atoms. The number of alkyl carbamates (subject to hydrolysis) is 2. The Morgan fingerprint density at radius 2 is 1.15 bits per heavy atom. The summed E-state index contributed by atoms with van der Waals surface area (Å²) in [4.78, 5) is 59.8. The van der Waals surface area contributed by atoms with E-state index in [0.717, 1.165) is 28.8 Å². The van der Waals surface area contributed by atoms with E-state index in [2.05, 4.69) is 31.9 Å². The number of carboxylic acids is 1. The van der Waals surface area contributed by atoms with Gasteiger partial charge in [-0.1, -0.05) is 97.1 Å². The van der Waals surface area contributed by atoms with Crippen molar-refractivity contribution < 1.29 is 51.7 Å². The first-order valence-corrected chi connectivity index (χ1v) is 18.5. The van der Waals surface area contributed by atoms with Crippen LogP contribution in [0.3, 0.4) is 0 Å². The van der Waals surface area contributed by atoms with Crippen molar-refractivity contribution in [3.8, 4) is 0 Å². The predicted molar refractivity (Wildman–Crippen MR) is 214 cm³/mol. The highest BCUT2D eigenvalue weighted by Gasteiger charge is 2.31. The van der Waals surface area contributed by atoms with E-state index in [-0.39, 0.29) is 31.4 Å². The summed E-state index contributed by atoms with van der Waals surface area (Å²) in [5, 5.41) is 24.8. The topological polar surface area (TPSA) is 196 Å². The molecule has 14 nitrogen and oxygen atoms in total. The van der Waals surface area contributed by atoms with E-state index in [1.165, 1.54) is 19.2 Å². The molecule has 7 N–H and O–H groups in total. The van der Waals surface area contributed by atoms with Crippen molar-refractivity contribution in [3.63, 3.8) is 0 Å². The van der Waals surface area contributed by atoms with Gasteiger partial charge >= 0.3 is 24.3 Å². The van der Waals surface area contributed by atoms with Crippen LogP contribution < -0.4 is 31.9 Å². The van der Waals surface area contributed by atoms with Gasteiger partial charge in [-0.05, 0) is 61.8 Å². The van der Waals surface area contributed by atoms with Crippen molar-refractivity contribution in [2.75, 3.05) is 32.5 Å². The van der Waals surface area contributed by atoms with E-state index in [1.807, 2.05) is 91.0 Å². The van der Waals surface area contributed by atoms with Crippen LogP contribution in [0, 0.1) is 0 Å². The summed E-state index contributed by atoms with van der Waals surface area (Å²) < 4.78 is 49.1. The number of carbonyl (C=O) groups is 5. The molecule has 0 aliphatic heterocycles. The molecule has 2 atom stereocenters. The minimum atomic E-state index is -4.57. The maximum Gasteiger partial charge on any atom is 0.416 e. The first-order valence-electron chi connectivity index (χ1n) is 18.5. The zero-order chi connectivity index (χ0) is 43.0. The Morgan fingerprint density at radius 1 is 0.644 bits per heavy atom. The van der Waals surface area contributed by atoms with Gasteiger partial charge in [0.2, 0.25) is 11.8 Å². The molecule has 0 saturated carbocycles. The van der Waals surface area contributed by atoms with Crippen LogP contribution in [-0.4, -0.2) is 80.4 Å². The Morgan fingerprint density at radius 3 is 1.61 bits per heavy atom. The third-order valence-electron chi connectivity index (χ3n) is 8.52. The number of anilines is 1. The molecule has 0 aromatic heterocycles. The van der Waals surface area contributed by atoms with Crippen LogP contribution in [0.15, 0.2) is 115 Å². The Bertz CT molecular complexity index is 1850. The maximum atomic E-state index is 13.0. The van der Waals surface area contributed by atoms with Crippen LogP contribution in [-0.2, 0) is 49.7 Å². The number of rotatable bonds is 19. The lowest BCUT2D eigenvalue weighted by molar-refractivity contribution is -0.140. The van der Waals surface area contributed by atoms with E-state index in [4.69, 9.17) is 14.6 Å². The summed E-state index contributed by atoms with van der Waals surface area (Å²) >= 11 is 0. The minimum absolute atomic E-state index is 0.0699. The number of ether oxygens (including phenoxy) is 2. The van der Waals surface area contributed by atoms with Crippen molar-refractivity contribution in [3.05, 3.63) is 138 Å². The van der Waals surface area contributed by atoms with Crippen LogP contribution in [0.25, 0.3) is 0 Å². The summed E-state index contributed by atoms with van der Waals surface area (Å²) in [7, 11) is 3.16. The molecule has 0 heterocycles. The monoisotopic (exact) mass is 822 g/mol. The standard InChI is InChI=1S/C22H24F3N3O4.C20H25N3O4/c1-26-18(13-19(29)30)21(32)28-17(11-10-14-6-3-2-4-7-14)20(31)27-16-9-5-8-15(12-16)22(23,24)25;1-21-18(12-22-19(24)26-14-16-8-4-2-5-9-16)13-23-20(25)27-15-17-10-6-3-7-11-17/h2-9,12,17-18,26H,10-11,13H2,1H3,(H,27,31)(H,28,32)(H,29,30);2-11,18,21H,12-15H2,1H3,(H,22,24)(H,23,25)/t17-,18-;/m0./s1. The second kappa shape index (κ2) is 25.0. The number of nitrogens with one attached hydrogen (secondary N) is 6. The number of aryl methyl sites for hydroxylation is 1. The van der Waals surface area contributed by atoms with Gasteiger partial charge in [0.25, 0.3) is 0 Å². The second-order valence-electron chi connectivity index (χ2n) is 13.0. The third-order valence-corrected chi connectivity index (χ3v) is 8.52. The molecule has 0 fully saturated rings. The molecule has 17 heteroatoms. The molecule has 0 unspecified atom stereocenters. The van der Waals surface area contributed by atoms with E-state index in [1.54, 1.807) is 7.05 Å². The number of aliphatic carboxylic acids is 1. The molecule has 0 bridgehead atoms. The number of hydrogen-bond acceptors (Lipinski definition) is 9. The van der Waals surface area contributed by atoms with Crippen molar-refractivity contribution in [2.45, 2.75) is 56.8 Å². The molecule has 316 valence electrons. The molecule has 59 heavy (non-hydrogen) atoms. The van der Waals surface area contributed by atoms with Crippen molar-refractivity contribution in [1.82, 2.24) is 26.6 Å². The predicted octanol–water partition coefficient (Wildman–Crippen LogP) is 5.25. The molecule has 0 saturated heterocycles. The Hall–Kier alpha value is -6.46. The maximum absolute atomic E-state index is 13.0. The van der Waals surface area contributed by atoms with Crippen LogP contribution in [0.4, 0.5) is 28.4 Å². The highest BCUT2D eigenvalue weighted by atomic mass is 19.4. The molecule has 4 aromatic rings. The lowest BCUT2D eigenvalue weighted by Crippen LogP contribution is -2.51. The first-order chi connectivity index (χ1) is 28.3. The highest BCUT2D eigenvalue weighted by Crippen LogP contribution is 2.30. The zero-order valence-electron chi connectivity index (χ0n) is 32.6. The average molecular weight is 823 g/mol. The molecule has 4 aromatic carbocycles. The van der Waals surface area contributed by atoms with Gasteiger partial charge in [-0.2, -0.15) is 13.2 Å². The van der Waals surface area contributed by atoms with Gasteiger partial charge in [0.1, 0.15) is 19.3 Å². The largest absolute Gasteiger partial charge is 0.481 e. The Balaban J connectivity index is 0.000000320. The first kappa shape index (κ1) is 46.9. The molecule has 0 radical (unpaired) electrons. The summed E-state index contributed by atoms with van der Waals surface area (Å²) in [6, 6.07) is 29.8. The second-order valence-corrected chi connectivity index (χ2v) is 13.0. The lowest BCUT2D eigenvalue weighted by Gasteiger charge is -2.22. The number of benzene rings is 4. The number of carboxylic acid groups (broad SMARTS) is 1. The molecular formula is C42H49F3N6O8. The van der Waals surface area contributed by atoms with Crippen LogP contribution in [0.5, 0.6) is 0 Å². The SMILES string of the molecule is CNC(CNC(=O)OCc1ccccc1)CNC(=O)OCc1ccccc1.CN[C@@H](CC(=O)O)C(=O)N[C@@H](CCc1ccccc1)C(=O)Nc1cccc(C(F)(F)F)c1.